The largest absolute Gasteiger partial charge is 0.493 e. The second-order valence-corrected chi connectivity index (χ2v) is 10.0. The molecule has 1 fully saturated rings. The Balaban J connectivity index is 1.45. The van der Waals surface area contributed by atoms with Gasteiger partial charge in [0.25, 0.3) is 11.8 Å². The molecule has 0 aliphatic carbocycles. The van der Waals surface area contributed by atoms with Crippen molar-refractivity contribution in [3.05, 3.63) is 87.8 Å². The monoisotopic (exact) mass is 518 g/mol. The predicted molar refractivity (Wildman–Crippen MR) is 150 cm³/mol. The van der Waals surface area contributed by atoms with Crippen LogP contribution >= 0.6 is 24.0 Å². The highest BCUT2D eigenvalue weighted by Gasteiger charge is 2.33. The Bertz CT molecular complexity index is 1350. The molecule has 1 aliphatic rings. The summed E-state index contributed by atoms with van der Waals surface area (Å²) in [6.07, 6.45) is 1.77. The average molecular weight is 519 g/mol. The van der Waals surface area contributed by atoms with E-state index >= 15 is 0 Å². The Kier molecular flexibility index (Phi) is 7.76. The van der Waals surface area contributed by atoms with Gasteiger partial charge in [-0.2, -0.15) is 0 Å². The number of anilines is 2. The third kappa shape index (κ3) is 5.61. The molecule has 0 aromatic heterocycles. The van der Waals surface area contributed by atoms with Crippen LogP contribution in [0.15, 0.2) is 65.6 Å². The standard InChI is InChI=1S/C28H26N2O4S2/c1-17-12-18(2)26(19(3)13-17)29-25(31)16-34-22-11-10-20(14-23(22)33-4)15-24-27(32)30(28(35)36-24)21-8-6-5-7-9-21/h5-15H,16H2,1-4H3,(H,29,31)/b24-15-. The molecule has 3 aromatic carbocycles. The lowest BCUT2D eigenvalue weighted by molar-refractivity contribution is -0.118. The number of rotatable bonds is 7. The number of carbonyl (C=O) groups is 2. The van der Waals surface area contributed by atoms with E-state index in [0.29, 0.717) is 20.7 Å². The van der Waals surface area contributed by atoms with Crippen LogP contribution in [0.1, 0.15) is 22.3 Å². The zero-order chi connectivity index (χ0) is 25.8. The molecule has 1 aliphatic heterocycles. The van der Waals surface area contributed by atoms with E-state index in [2.05, 4.69) is 5.32 Å². The first kappa shape index (κ1) is 25.5. The number of para-hydroxylation sites is 1. The summed E-state index contributed by atoms with van der Waals surface area (Å²) in [5, 5.41) is 2.93. The minimum Gasteiger partial charge on any atom is -0.493 e. The van der Waals surface area contributed by atoms with Crippen LogP contribution in [0.3, 0.4) is 0 Å². The van der Waals surface area contributed by atoms with Crippen molar-refractivity contribution in [2.24, 2.45) is 0 Å². The van der Waals surface area contributed by atoms with E-state index in [1.165, 1.54) is 23.8 Å². The number of amides is 2. The smallest absolute Gasteiger partial charge is 0.270 e. The van der Waals surface area contributed by atoms with Crippen molar-refractivity contribution in [1.29, 1.82) is 0 Å². The Hall–Kier alpha value is -3.62. The fourth-order valence-electron chi connectivity index (χ4n) is 4.01. The van der Waals surface area contributed by atoms with Crippen molar-refractivity contribution in [1.82, 2.24) is 0 Å². The van der Waals surface area contributed by atoms with Gasteiger partial charge >= 0.3 is 0 Å². The summed E-state index contributed by atoms with van der Waals surface area (Å²) in [5.74, 6) is 0.450. The van der Waals surface area contributed by atoms with E-state index in [0.717, 1.165) is 33.6 Å². The van der Waals surface area contributed by atoms with Crippen molar-refractivity contribution < 1.29 is 19.1 Å². The number of benzene rings is 3. The molecule has 0 bridgehead atoms. The molecule has 0 saturated carbocycles. The van der Waals surface area contributed by atoms with Gasteiger partial charge in [-0.25, -0.2) is 0 Å². The van der Waals surface area contributed by atoms with Gasteiger partial charge in [0.1, 0.15) is 0 Å². The zero-order valence-electron chi connectivity index (χ0n) is 20.5. The van der Waals surface area contributed by atoms with E-state index in [1.807, 2.05) is 63.2 Å². The number of nitrogens with zero attached hydrogens (tertiary/aromatic N) is 1. The molecule has 0 atom stereocenters. The third-order valence-corrected chi connectivity index (χ3v) is 6.90. The van der Waals surface area contributed by atoms with E-state index in [4.69, 9.17) is 21.7 Å². The molecule has 0 unspecified atom stereocenters. The molecule has 6 nitrogen and oxygen atoms in total. The molecule has 2 amide bonds. The zero-order valence-corrected chi connectivity index (χ0v) is 22.1. The summed E-state index contributed by atoms with van der Waals surface area (Å²) in [7, 11) is 1.53. The van der Waals surface area contributed by atoms with Crippen LogP contribution in [0.2, 0.25) is 0 Å². The van der Waals surface area contributed by atoms with Crippen molar-refractivity contribution >= 4 is 57.6 Å². The van der Waals surface area contributed by atoms with Crippen molar-refractivity contribution in [2.75, 3.05) is 23.9 Å². The Labute approximate surface area is 220 Å². The van der Waals surface area contributed by atoms with Gasteiger partial charge in [-0.05, 0) is 67.8 Å². The van der Waals surface area contributed by atoms with E-state index in [1.54, 1.807) is 24.3 Å². The number of thioether (sulfide) groups is 1. The van der Waals surface area contributed by atoms with Gasteiger partial charge in [0.2, 0.25) is 0 Å². The highest BCUT2D eigenvalue weighted by molar-refractivity contribution is 8.27. The first-order chi connectivity index (χ1) is 17.3. The summed E-state index contributed by atoms with van der Waals surface area (Å²) in [5.41, 5.74) is 5.43. The average Bonchev–Trinajstić information content (AvgIpc) is 3.13. The SMILES string of the molecule is COc1cc(/C=C2\SC(=S)N(c3ccccc3)C2=O)ccc1OCC(=O)Nc1c(C)cc(C)cc1C. The van der Waals surface area contributed by atoms with Crippen LogP contribution in [0, 0.1) is 20.8 Å². The van der Waals surface area contributed by atoms with Crippen LogP contribution in [0.25, 0.3) is 6.08 Å². The Morgan fingerprint density at radius 2 is 1.72 bits per heavy atom. The van der Waals surface area contributed by atoms with Crippen LogP contribution in [0.5, 0.6) is 11.5 Å². The van der Waals surface area contributed by atoms with Crippen LogP contribution in [-0.4, -0.2) is 29.9 Å². The van der Waals surface area contributed by atoms with Gasteiger partial charge in [0.05, 0.1) is 17.7 Å². The second-order valence-electron chi connectivity index (χ2n) is 8.37. The number of carbonyl (C=O) groups excluding carboxylic acids is 2. The van der Waals surface area contributed by atoms with E-state index in [-0.39, 0.29) is 18.4 Å². The number of thiocarbonyl (C=S) groups is 1. The highest BCUT2D eigenvalue weighted by atomic mass is 32.2. The molecule has 3 aromatic rings. The van der Waals surface area contributed by atoms with Gasteiger partial charge < -0.3 is 14.8 Å². The summed E-state index contributed by atoms with van der Waals surface area (Å²) in [6, 6.07) is 18.7. The number of aryl methyl sites for hydroxylation is 3. The molecular formula is C28H26N2O4S2. The number of hydrogen-bond acceptors (Lipinski definition) is 6. The maximum Gasteiger partial charge on any atom is 0.270 e. The summed E-state index contributed by atoms with van der Waals surface area (Å²) in [4.78, 5) is 27.6. The molecule has 0 radical (unpaired) electrons. The number of ether oxygens (including phenoxy) is 2. The first-order valence-corrected chi connectivity index (χ1v) is 12.5. The second kappa shape index (κ2) is 11.0. The third-order valence-electron chi connectivity index (χ3n) is 5.59. The fourth-order valence-corrected chi connectivity index (χ4v) is 5.31. The highest BCUT2D eigenvalue weighted by Crippen LogP contribution is 2.37. The molecule has 184 valence electrons. The lowest BCUT2D eigenvalue weighted by Crippen LogP contribution is -2.27. The van der Waals surface area contributed by atoms with Gasteiger partial charge in [0, 0.05) is 5.69 Å². The quantitative estimate of drug-likeness (QED) is 0.304. The van der Waals surface area contributed by atoms with E-state index in [9.17, 15) is 9.59 Å². The molecule has 1 heterocycles. The van der Waals surface area contributed by atoms with Crippen molar-refractivity contribution in [3.63, 3.8) is 0 Å². The first-order valence-electron chi connectivity index (χ1n) is 11.3. The maximum atomic E-state index is 13.0. The maximum absolute atomic E-state index is 13.0. The molecule has 1 N–H and O–H groups in total. The lowest BCUT2D eigenvalue weighted by atomic mass is 10.1. The lowest BCUT2D eigenvalue weighted by Gasteiger charge is -2.14. The van der Waals surface area contributed by atoms with Gasteiger partial charge in [0.15, 0.2) is 22.4 Å². The molecule has 4 rings (SSSR count). The summed E-state index contributed by atoms with van der Waals surface area (Å²) in [6.45, 7) is 5.78. The minimum atomic E-state index is -0.263. The number of methoxy groups -OCH3 is 1. The topological polar surface area (TPSA) is 67.9 Å². The minimum absolute atomic E-state index is 0.168. The van der Waals surface area contributed by atoms with Gasteiger partial charge in [-0.15, -0.1) is 0 Å². The molecule has 0 spiro atoms. The molecular weight excluding hydrogens is 492 g/mol. The summed E-state index contributed by atoms with van der Waals surface area (Å²) < 4.78 is 11.7. The van der Waals surface area contributed by atoms with E-state index < -0.39 is 0 Å². The van der Waals surface area contributed by atoms with Crippen LogP contribution < -0.4 is 19.7 Å². The van der Waals surface area contributed by atoms with Gasteiger partial charge in [-0.3, -0.25) is 14.5 Å². The fraction of sp³-hybridized carbons (Fsp3) is 0.179. The predicted octanol–water partition coefficient (Wildman–Crippen LogP) is 6.04. The number of hydrogen-bond donors (Lipinski definition) is 1. The Morgan fingerprint density at radius 3 is 2.39 bits per heavy atom. The molecule has 1 saturated heterocycles. The normalized spacial score (nSPS) is 14.3. The van der Waals surface area contributed by atoms with Crippen LogP contribution in [-0.2, 0) is 9.59 Å². The molecule has 36 heavy (non-hydrogen) atoms. The Morgan fingerprint density at radius 1 is 1.03 bits per heavy atom. The summed E-state index contributed by atoms with van der Waals surface area (Å²) >= 11 is 6.69. The van der Waals surface area contributed by atoms with Gasteiger partial charge in [-0.1, -0.05) is 65.9 Å². The van der Waals surface area contributed by atoms with Crippen molar-refractivity contribution in [3.8, 4) is 11.5 Å². The molecule has 8 heteroatoms. The number of nitrogens with one attached hydrogen (secondary N) is 1. The van der Waals surface area contributed by atoms with Crippen molar-refractivity contribution in [2.45, 2.75) is 20.8 Å². The van der Waals surface area contributed by atoms with Crippen LogP contribution in [0.4, 0.5) is 11.4 Å².